The van der Waals surface area contributed by atoms with Crippen molar-refractivity contribution in [2.45, 2.75) is 19.4 Å². The molecule has 0 bridgehead atoms. The van der Waals surface area contributed by atoms with E-state index in [9.17, 15) is 14.4 Å². The van der Waals surface area contributed by atoms with Crippen LogP contribution in [0.3, 0.4) is 0 Å². The second-order valence-corrected chi connectivity index (χ2v) is 5.51. The van der Waals surface area contributed by atoms with Gasteiger partial charge in [-0.1, -0.05) is 19.1 Å². The van der Waals surface area contributed by atoms with E-state index >= 15 is 0 Å². The van der Waals surface area contributed by atoms with Crippen molar-refractivity contribution in [3.63, 3.8) is 0 Å². The van der Waals surface area contributed by atoms with Crippen molar-refractivity contribution in [1.29, 1.82) is 0 Å². The number of ether oxygens (including phenoxy) is 1. The Kier molecular flexibility index (Phi) is 4.29. The lowest BCUT2D eigenvalue weighted by atomic mass is 10.1. The standard InChI is InChI=1S/C16H19N3O4/c1-2-13(15(21)18-7-9-23-10-8-18)19-14(20)11-5-3-4-6-12(11)17-16(19)22/h3-6,13H,2,7-10H2,1H3,(H,17,22)/t13-/m1/s1. The van der Waals surface area contributed by atoms with Crippen LogP contribution in [0.2, 0.25) is 0 Å². The average molecular weight is 317 g/mol. The van der Waals surface area contributed by atoms with Crippen LogP contribution >= 0.6 is 0 Å². The second-order valence-electron chi connectivity index (χ2n) is 5.51. The van der Waals surface area contributed by atoms with E-state index in [1.807, 2.05) is 0 Å². The quantitative estimate of drug-likeness (QED) is 0.893. The van der Waals surface area contributed by atoms with E-state index in [0.717, 1.165) is 4.57 Å². The Morgan fingerprint density at radius 1 is 1.26 bits per heavy atom. The highest BCUT2D eigenvalue weighted by atomic mass is 16.5. The van der Waals surface area contributed by atoms with Gasteiger partial charge in [0.1, 0.15) is 6.04 Å². The monoisotopic (exact) mass is 317 g/mol. The summed E-state index contributed by atoms with van der Waals surface area (Å²) in [6.45, 7) is 3.71. The SMILES string of the molecule is CC[C@H](C(=O)N1CCOCC1)n1c(=O)[nH]c2ccccc2c1=O. The summed E-state index contributed by atoms with van der Waals surface area (Å²) in [5.41, 5.74) is -0.507. The summed E-state index contributed by atoms with van der Waals surface area (Å²) in [4.78, 5) is 42.1. The third kappa shape index (κ3) is 2.79. The Labute approximate surface area is 132 Å². The highest BCUT2D eigenvalue weighted by molar-refractivity contribution is 5.82. The summed E-state index contributed by atoms with van der Waals surface area (Å²) < 4.78 is 6.29. The Hall–Kier alpha value is -2.41. The highest BCUT2D eigenvalue weighted by Gasteiger charge is 2.28. The summed E-state index contributed by atoms with van der Waals surface area (Å²) in [6, 6.07) is 6.01. The molecule has 7 nitrogen and oxygen atoms in total. The minimum Gasteiger partial charge on any atom is -0.378 e. The molecule has 2 heterocycles. The van der Waals surface area contributed by atoms with Crippen LogP contribution in [0.4, 0.5) is 0 Å². The molecule has 1 aliphatic heterocycles. The summed E-state index contributed by atoms with van der Waals surface area (Å²) in [7, 11) is 0. The van der Waals surface area contributed by atoms with Gasteiger partial charge in [0.15, 0.2) is 0 Å². The maximum Gasteiger partial charge on any atom is 0.329 e. The van der Waals surface area contributed by atoms with Gasteiger partial charge in [0.05, 0.1) is 24.1 Å². The van der Waals surface area contributed by atoms with E-state index in [2.05, 4.69) is 4.98 Å². The van der Waals surface area contributed by atoms with Gasteiger partial charge in [-0.05, 0) is 18.6 Å². The molecule has 1 fully saturated rings. The molecule has 0 radical (unpaired) electrons. The molecule has 1 saturated heterocycles. The fourth-order valence-corrected chi connectivity index (χ4v) is 2.92. The Bertz CT molecular complexity index is 833. The number of carbonyl (C=O) groups excluding carboxylic acids is 1. The molecule has 1 N–H and O–H groups in total. The first-order valence-corrected chi connectivity index (χ1v) is 7.73. The molecule has 1 atom stereocenters. The molecule has 122 valence electrons. The number of carbonyl (C=O) groups is 1. The van der Waals surface area contributed by atoms with Crippen LogP contribution in [-0.2, 0) is 9.53 Å². The number of amides is 1. The molecule has 1 aliphatic rings. The molecule has 1 aromatic heterocycles. The number of aromatic nitrogens is 2. The van der Waals surface area contributed by atoms with Crippen LogP contribution in [0.15, 0.2) is 33.9 Å². The number of benzene rings is 1. The van der Waals surface area contributed by atoms with Gasteiger partial charge in [-0.3, -0.25) is 9.59 Å². The predicted molar refractivity (Wildman–Crippen MR) is 85.6 cm³/mol. The first-order valence-electron chi connectivity index (χ1n) is 7.73. The number of nitrogens with one attached hydrogen (secondary N) is 1. The van der Waals surface area contributed by atoms with Crippen LogP contribution in [0.1, 0.15) is 19.4 Å². The van der Waals surface area contributed by atoms with E-state index < -0.39 is 17.3 Å². The molecule has 23 heavy (non-hydrogen) atoms. The third-order valence-electron chi connectivity index (χ3n) is 4.14. The zero-order valence-electron chi connectivity index (χ0n) is 12.9. The molecule has 2 aromatic rings. The summed E-state index contributed by atoms with van der Waals surface area (Å²) in [5, 5.41) is 0.403. The lowest BCUT2D eigenvalue weighted by Crippen LogP contribution is -2.48. The van der Waals surface area contributed by atoms with E-state index in [1.165, 1.54) is 0 Å². The Balaban J connectivity index is 2.07. The molecule has 3 rings (SSSR count). The van der Waals surface area contributed by atoms with Crippen LogP contribution in [0.5, 0.6) is 0 Å². The van der Waals surface area contributed by atoms with Crippen molar-refractivity contribution in [2.24, 2.45) is 0 Å². The molecule has 0 aliphatic carbocycles. The molecule has 0 saturated carbocycles. The number of hydrogen-bond acceptors (Lipinski definition) is 4. The zero-order chi connectivity index (χ0) is 16.4. The Morgan fingerprint density at radius 2 is 1.96 bits per heavy atom. The Morgan fingerprint density at radius 3 is 2.65 bits per heavy atom. The van der Waals surface area contributed by atoms with Gasteiger partial charge in [0, 0.05) is 13.1 Å². The lowest BCUT2D eigenvalue weighted by Gasteiger charge is -2.30. The van der Waals surface area contributed by atoms with Gasteiger partial charge in [-0.25, -0.2) is 9.36 Å². The predicted octanol–water partition coefficient (Wildman–Crippen LogP) is 0.500. The molecular formula is C16H19N3O4. The number of H-pyrrole nitrogens is 1. The van der Waals surface area contributed by atoms with Gasteiger partial charge >= 0.3 is 5.69 Å². The first-order chi connectivity index (χ1) is 11.1. The van der Waals surface area contributed by atoms with Crippen molar-refractivity contribution < 1.29 is 9.53 Å². The number of rotatable bonds is 3. The zero-order valence-corrected chi connectivity index (χ0v) is 12.9. The van der Waals surface area contributed by atoms with Gasteiger partial charge < -0.3 is 14.6 Å². The number of fused-ring (bicyclic) bond motifs is 1. The highest BCUT2D eigenvalue weighted by Crippen LogP contribution is 2.14. The maximum absolute atomic E-state index is 12.7. The fourth-order valence-electron chi connectivity index (χ4n) is 2.92. The number of morpholine rings is 1. The smallest absolute Gasteiger partial charge is 0.329 e. The summed E-state index contributed by atoms with van der Waals surface area (Å²) in [6.07, 6.45) is 0.373. The normalized spacial score (nSPS) is 16.5. The molecular weight excluding hydrogens is 298 g/mol. The van der Waals surface area contributed by atoms with Crippen LogP contribution in [0.25, 0.3) is 10.9 Å². The van der Waals surface area contributed by atoms with Crippen molar-refractivity contribution in [3.05, 3.63) is 45.1 Å². The van der Waals surface area contributed by atoms with Crippen molar-refractivity contribution in [3.8, 4) is 0 Å². The van der Waals surface area contributed by atoms with E-state index in [-0.39, 0.29) is 5.91 Å². The molecule has 0 unspecified atom stereocenters. The van der Waals surface area contributed by atoms with E-state index in [0.29, 0.717) is 43.6 Å². The van der Waals surface area contributed by atoms with Gasteiger partial charge in [-0.15, -0.1) is 0 Å². The fraction of sp³-hybridized carbons (Fsp3) is 0.438. The summed E-state index contributed by atoms with van der Waals surface area (Å²) >= 11 is 0. The average Bonchev–Trinajstić information content (AvgIpc) is 2.59. The number of para-hydroxylation sites is 1. The van der Waals surface area contributed by atoms with Crippen molar-refractivity contribution in [1.82, 2.24) is 14.5 Å². The van der Waals surface area contributed by atoms with Crippen molar-refractivity contribution in [2.75, 3.05) is 26.3 Å². The van der Waals surface area contributed by atoms with E-state index in [4.69, 9.17) is 4.74 Å². The van der Waals surface area contributed by atoms with Crippen LogP contribution in [-0.4, -0.2) is 46.7 Å². The van der Waals surface area contributed by atoms with Crippen LogP contribution in [0, 0.1) is 0 Å². The lowest BCUT2D eigenvalue weighted by molar-refractivity contribution is -0.139. The van der Waals surface area contributed by atoms with Gasteiger partial charge in [0.25, 0.3) is 5.56 Å². The minimum absolute atomic E-state index is 0.210. The molecule has 1 aromatic carbocycles. The number of aromatic amines is 1. The third-order valence-corrected chi connectivity index (χ3v) is 4.14. The minimum atomic E-state index is -0.797. The number of nitrogens with zero attached hydrogens (tertiary/aromatic N) is 2. The first kappa shape index (κ1) is 15.5. The molecule has 0 spiro atoms. The largest absolute Gasteiger partial charge is 0.378 e. The van der Waals surface area contributed by atoms with Crippen molar-refractivity contribution >= 4 is 16.8 Å². The second kappa shape index (κ2) is 6.37. The maximum atomic E-state index is 12.7. The van der Waals surface area contributed by atoms with Crippen LogP contribution < -0.4 is 11.2 Å². The van der Waals surface area contributed by atoms with Gasteiger partial charge in [-0.2, -0.15) is 0 Å². The summed E-state index contributed by atoms with van der Waals surface area (Å²) in [5.74, 6) is -0.210. The molecule has 1 amide bonds. The van der Waals surface area contributed by atoms with E-state index in [1.54, 1.807) is 36.1 Å². The topological polar surface area (TPSA) is 84.4 Å². The molecule has 7 heteroatoms. The number of hydrogen-bond donors (Lipinski definition) is 1. The van der Waals surface area contributed by atoms with Gasteiger partial charge in [0.2, 0.25) is 5.91 Å².